The smallest absolute Gasteiger partial charge is 0.135 e. The first kappa shape index (κ1) is 17.3. The summed E-state index contributed by atoms with van der Waals surface area (Å²) in [5, 5.41) is 0. The van der Waals surface area contributed by atoms with Crippen molar-refractivity contribution in [3.05, 3.63) is 46.8 Å². The first-order valence-electron chi connectivity index (χ1n) is 9.98. The zero-order valence-corrected chi connectivity index (χ0v) is 15.5. The topological polar surface area (TPSA) is 16.1 Å². The molecule has 2 aliphatic rings. The maximum absolute atomic E-state index is 4.69. The minimum atomic E-state index is 1.11. The molecular formula is C22H32N2. The van der Waals surface area contributed by atoms with Crippen LogP contribution in [0.2, 0.25) is 0 Å². The number of hydrogen-bond donors (Lipinski definition) is 0. The van der Waals surface area contributed by atoms with Gasteiger partial charge in [-0.15, -0.1) is 0 Å². The van der Waals surface area contributed by atoms with Crippen molar-refractivity contribution in [2.24, 2.45) is 0 Å². The van der Waals surface area contributed by atoms with Crippen molar-refractivity contribution in [1.82, 2.24) is 4.98 Å². The summed E-state index contributed by atoms with van der Waals surface area (Å²) < 4.78 is 0. The molecule has 0 saturated carbocycles. The number of allylic oxidation sites excluding steroid dienone is 4. The van der Waals surface area contributed by atoms with Crippen molar-refractivity contribution in [3.8, 4) is 0 Å². The normalized spacial score (nSPS) is 17.8. The summed E-state index contributed by atoms with van der Waals surface area (Å²) in [5.74, 6) is 1.22. The monoisotopic (exact) mass is 324 g/mol. The molecule has 1 aliphatic carbocycles. The third-order valence-electron chi connectivity index (χ3n) is 5.38. The van der Waals surface area contributed by atoms with E-state index >= 15 is 0 Å². The van der Waals surface area contributed by atoms with Gasteiger partial charge in [0.2, 0.25) is 0 Å². The summed E-state index contributed by atoms with van der Waals surface area (Å²) in [6.45, 7) is 5.70. The van der Waals surface area contributed by atoms with Crippen LogP contribution in [-0.2, 0) is 6.42 Å². The van der Waals surface area contributed by atoms with Crippen LogP contribution in [0.4, 0.5) is 5.82 Å². The Balaban J connectivity index is 1.88. The molecule has 2 nitrogen and oxygen atoms in total. The number of unbranched alkanes of at least 4 members (excludes halogenated alkanes) is 3. The molecule has 0 radical (unpaired) electrons. The Kier molecular flexibility index (Phi) is 6.12. The minimum Gasteiger partial charge on any atom is -0.329 e. The standard InChI is InChI=1S/C22H32N2/c1-3-5-7-11-18(10-6-4-2)20-13-8-14-21(20)24-17-15-19-12-9-16-23-22(19)24/h9,11-12,16H,3-8,10,13-15,17H2,1-2H3/b18-11+. The lowest BCUT2D eigenvalue weighted by molar-refractivity contribution is 0.765. The van der Waals surface area contributed by atoms with Gasteiger partial charge in [0.05, 0.1) is 0 Å². The number of pyridine rings is 1. The highest BCUT2D eigenvalue weighted by molar-refractivity contribution is 5.59. The molecule has 0 unspecified atom stereocenters. The van der Waals surface area contributed by atoms with Gasteiger partial charge in [0.25, 0.3) is 0 Å². The molecule has 3 rings (SSSR count). The number of fused-ring (bicyclic) bond motifs is 1. The Morgan fingerprint density at radius 3 is 2.88 bits per heavy atom. The fourth-order valence-electron chi connectivity index (χ4n) is 4.06. The highest BCUT2D eigenvalue weighted by Crippen LogP contribution is 2.40. The summed E-state index contributed by atoms with van der Waals surface area (Å²) in [6.07, 6.45) is 17.1. The molecule has 0 aromatic carbocycles. The van der Waals surface area contributed by atoms with E-state index in [1.54, 1.807) is 16.8 Å². The number of nitrogens with zero attached hydrogens (tertiary/aromatic N) is 2. The van der Waals surface area contributed by atoms with Crippen LogP contribution in [0.1, 0.15) is 77.2 Å². The molecule has 130 valence electrons. The van der Waals surface area contributed by atoms with Crippen LogP contribution in [0.25, 0.3) is 0 Å². The van der Waals surface area contributed by atoms with Gasteiger partial charge in [-0.1, -0.05) is 45.3 Å². The Hall–Kier alpha value is -1.57. The number of aromatic nitrogens is 1. The molecule has 2 heteroatoms. The van der Waals surface area contributed by atoms with Gasteiger partial charge < -0.3 is 4.90 Å². The summed E-state index contributed by atoms with van der Waals surface area (Å²) in [5.41, 5.74) is 6.29. The summed E-state index contributed by atoms with van der Waals surface area (Å²) >= 11 is 0. The highest BCUT2D eigenvalue weighted by Gasteiger charge is 2.28. The van der Waals surface area contributed by atoms with Crippen molar-refractivity contribution < 1.29 is 0 Å². The molecule has 1 aliphatic heterocycles. The average Bonchev–Trinajstić information content (AvgIpc) is 3.24. The van der Waals surface area contributed by atoms with E-state index in [0.29, 0.717) is 0 Å². The van der Waals surface area contributed by atoms with E-state index < -0.39 is 0 Å². The first-order chi connectivity index (χ1) is 11.8. The Morgan fingerprint density at radius 2 is 2.04 bits per heavy atom. The Labute approximate surface area is 147 Å². The van der Waals surface area contributed by atoms with E-state index in [9.17, 15) is 0 Å². The second-order valence-electron chi connectivity index (χ2n) is 7.14. The molecule has 0 N–H and O–H groups in total. The van der Waals surface area contributed by atoms with Gasteiger partial charge in [0.1, 0.15) is 5.82 Å². The van der Waals surface area contributed by atoms with Crippen molar-refractivity contribution >= 4 is 5.82 Å². The van der Waals surface area contributed by atoms with Crippen LogP contribution in [0, 0.1) is 0 Å². The van der Waals surface area contributed by atoms with Crippen LogP contribution in [0.15, 0.2) is 41.2 Å². The maximum atomic E-state index is 4.69. The fraction of sp³-hybridized carbons (Fsp3) is 0.591. The number of anilines is 1. The maximum Gasteiger partial charge on any atom is 0.135 e. The van der Waals surface area contributed by atoms with Gasteiger partial charge in [0.15, 0.2) is 0 Å². The molecule has 0 spiro atoms. The van der Waals surface area contributed by atoms with Gasteiger partial charge in [-0.05, 0) is 67.7 Å². The van der Waals surface area contributed by atoms with Crippen LogP contribution < -0.4 is 4.90 Å². The molecule has 24 heavy (non-hydrogen) atoms. The zero-order valence-electron chi connectivity index (χ0n) is 15.5. The predicted octanol–water partition coefficient (Wildman–Crippen LogP) is 6.19. The van der Waals surface area contributed by atoms with Crippen molar-refractivity contribution in [2.75, 3.05) is 11.4 Å². The molecule has 1 aromatic rings. The van der Waals surface area contributed by atoms with Crippen LogP contribution in [0.3, 0.4) is 0 Å². The Morgan fingerprint density at radius 1 is 1.17 bits per heavy atom. The first-order valence-corrected chi connectivity index (χ1v) is 9.98. The molecule has 2 heterocycles. The van der Waals surface area contributed by atoms with Gasteiger partial charge in [-0.3, -0.25) is 0 Å². The number of hydrogen-bond acceptors (Lipinski definition) is 2. The largest absolute Gasteiger partial charge is 0.329 e. The molecule has 0 amide bonds. The molecular weight excluding hydrogens is 292 g/mol. The second-order valence-corrected chi connectivity index (χ2v) is 7.14. The minimum absolute atomic E-state index is 1.11. The molecule has 0 bridgehead atoms. The van der Waals surface area contributed by atoms with Gasteiger partial charge >= 0.3 is 0 Å². The van der Waals surface area contributed by atoms with Gasteiger partial charge in [-0.2, -0.15) is 0 Å². The average molecular weight is 325 g/mol. The van der Waals surface area contributed by atoms with E-state index in [1.165, 1.54) is 69.2 Å². The third kappa shape index (κ3) is 3.74. The lowest BCUT2D eigenvalue weighted by atomic mass is 9.97. The van der Waals surface area contributed by atoms with Gasteiger partial charge in [-0.25, -0.2) is 4.98 Å². The van der Waals surface area contributed by atoms with Crippen molar-refractivity contribution in [3.63, 3.8) is 0 Å². The van der Waals surface area contributed by atoms with E-state index in [-0.39, 0.29) is 0 Å². The number of rotatable bonds is 8. The highest BCUT2D eigenvalue weighted by atomic mass is 15.2. The summed E-state index contributed by atoms with van der Waals surface area (Å²) in [7, 11) is 0. The Bertz CT molecular complexity index is 612. The fourth-order valence-corrected chi connectivity index (χ4v) is 4.06. The predicted molar refractivity (Wildman–Crippen MR) is 103 cm³/mol. The van der Waals surface area contributed by atoms with Crippen molar-refractivity contribution in [1.29, 1.82) is 0 Å². The molecule has 0 saturated heterocycles. The van der Waals surface area contributed by atoms with E-state index in [4.69, 9.17) is 0 Å². The van der Waals surface area contributed by atoms with E-state index in [2.05, 4.69) is 41.9 Å². The molecule has 0 atom stereocenters. The van der Waals surface area contributed by atoms with E-state index in [0.717, 1.165) is 13.0 Å². The SMILES string of the molecule is CCCC/C=C(\CCCC)C1=C(N2CCc3cccnc32)CCC1. The quantitative estimate of drug-likeness (QED) is 0.530. The second kappa shape index (κ2) is 8.50. The lowest BCUT2D eigenvalue weighted by Gasteiger charge is -2.23. The molecule has 1 aromatic heterocycles. The molecule has 0 fully saturated rings. The lowest BCUT2D eigenvalue weighted by Crippen LogP contribution is -2.20. The summed E-state index contributed by atoms with van der Waals surface area (Å²) in [4.78, 5) is 7.21. The van der Waals surface area contributed by atoms with Gasteiger partial charge in [0, 0.05) is 18.4 Å². The van der Waals surface area contributed by atoms with E-state index in [1.807, 2.05) is 6.20 Å². The third-order valence-corrected chi connectivity index (χ3v) is 5.38. The van der Waals surface area contributed by atoms with Crippen molar-refractivity contribution in [2.45, 2.75) is 78.1 Å². The zero-order chi connectivity index (χ0) is 16.8. The summed E-state index contributed by atoms with van der Waals surface area (Å²) in [6, 6.07) is 4.32. The van der Waals surface area contributed by atoms with Crippen LogP contribution >= 0.6 is 0 Å². The van der Waals surface area contributed by atoms with Crippen LogP contribution in [0.5, 0.6) is 0 Å². The van der Waals surface area contributed by atoms with Crippen LogP contribution in [-0.4, -0.2) is 11.5 Å².